The van der Waals surface area contributed by atoms with Crippen molar-refractivity contribution in [1.29, 1.82) is 0 Å². The highest BCUT2D eigenvalue weighted by molar-refractivity contribution is 7.80. The molecule has 0 bridgehead atoms. The molecule has 0 N–H and O–H groups in total. The van der Waals surface area contributed by atoms with Gasteiger partial charge in [0.05, 0.1) is 16.1 Å². The van der Waals surface area contributed by atoms with Gasteiger partial charge < -0.3 is 4.74 Å². The molecule has 4 aromatic rings. The zero-order valence-corrected chi connectivity index (χ0v) is 19.9. The Balaban J connectivity index is 1.50. The minimum absolute atomic E-state index is 0.0278. The first kappa shape index (κ1) is 20.4. The van der Waals surface area contributed by atoms with Gasteiger partial charge in [0.15, 0.2) is 6.61 Å². The second kappa shape index (κ2) is 7.55. The van der Waals surface area contributed by atoms with E-state index in [1.165, 1.54) is 0 Å². The van der Waals surface area contributed by atoms with Gasteiger partial charge in [-0.3, -0.25) is 9.69 Å². The van der Waals surface area contributed by atoms with Crippen LogP contribution in [0, 0.1) is 10.7 Å². The van der Waals surface area contributed by atoms with Gasteiger partial charge in [-0.25, -0.2) is 0 Å². The number of hydrogen-bond donors (Lipinski definition) is 0. The Morgan fingerprint density at radius 1 is 1.03 bits per heavy atom. The molecule has 3 nitrogen and oxygen atoms in total. The average Bonchev–Trinajstić information content (AvgIpc) is 3.15. The number of anilines is 1. The van der Waals surface area contributed by atoms with Crippen LogP contribution in [0.2, 0.25) is 0 Å². The van der Waals surface area contributed by atoms with Gasteiger partial charge in [-0.05, 0) is 55.8 Å². The summed E-state index contributed by atoms with van der Waals surface area (Å²) in [5.41, 5.74) is 3.69. The van der Waals surface area contributed by atoms with Crippen molar-refractivity contribution >= 4 is 55.3 Å². The largest absolute Gasteiger partial charge is 0.484 e. The third-order valence-corrected chi connectivity index (χ3v) is 9.07. The molecule has 156 valence electrons. The molecule has 1 aliphatic rings. The van der Waals surface area contributed by atoms with Gasteiger partial charge >= 0.3 is 0 Å². The lowest BCUT2D eigenvalue weighted by atomic mass is 9.87. The summed E-state index contributed by atoms with van der Waals surface area (Å²) < 4.78 is 6.84. The summed E-state index contributed by atoms with van der Waals surface area (Å²) >= 11 is 5.65. The third-order valence-electron chi connectivity index (χ3n) is 5.74. The van der Waals surface area contributed by atoms with E-state index in [1.807, 2.05) is 53.4 Å². The Labute approximate surface area is 193 Å². The van der Waals surface area contributed by atoms with Gasteiger partial charge in [0.2, 0.25) is 0 Å². The second-order valence-corrected chi connectivity index (χ2v) is 11.1. The minimum atomic E-state index is -0.500. The first-order chi connectivity index (χ1) is 14.9. The van der Waals surface area contributed by atoms with E-state index in [2.05, 4.69) is 32.9 Å². The SMILES string of the molecule is Cc1ccc2c(c1)-c1c(ssc1=S)C(C)(C)N2C(=O)COc1ccc2ccccc2c1. The van der Waals surface area contributed by atoms with Gasteiger partial charge in [0, 0.05) is 11.1 Å². The van der Waals surface area contributed by atoms with Crippen LogP contribution in [0.4, 0.5) is 5.69 Å². The van der Waals surface area contributed by atoms with E-state index in [1.54, 1.807) is 20.7 Å². The Bertz CT molecular complexity index is 1380. The van der Waals surface area contributed by atoms with E-state index in [0.29, 0.717) is 5.75 Å². The lowest BCUT2D eigenvalue weighted by Gasteiger charge is -2.43. The summed E-state index contributed by atoms with van der Waals surface area (Å²) in [6, 6.07) is 20.2. The summed E-state index contributed by atoms with van der Waals surface area (Å²) in [6.45, 7) is 6.20. The molecule has 0 unspecified atom stereocenters. The van der Waals surface area contributed by atoms with Crippen LogP contribution < -0.4 is 9.64 Å². The van der Waals surface area contributed by atoms with Gasteiger partial charge in [0.1, 0.15) is 9.57 Å². The zero-order chi connectivity index (χ0) is 21.8. The molecular weight excluding hydrogens is 442 g/mol. The summed E-state index contributed by atoms with van der Waals surface area (Å²) in [5, 5.41) is 2.24. The normalized spacial score (nSPS) is 14.2. The summed E-state index contributed by atoms with van der Waals surface area (Å²) in [6.07, 6.45) is 0. The zero-order valence-electron chi connectivity index (χ0n) is 17.5. The van der Waals surface area contributed by atoms with Crippen LogP contribution in [-0.4, -0.2) is 12.5 Å². The molecule has 0 spiro atoms. The molecule has 0 fully saturated rings. The van der Waals surface area contributed by atoms with Gasteiger partial charge in [-0.2, -0.15) is 0 Å². The van der Waals surface area contributed by atoms with Gasteiger partial charge in [-0.1, -0.05) is 74.9 Å². The first-order valence-corrected chi connectivity index (χ1v) is 12.6. The van der Waals surface area contributed by atoms with Crippen molar-refractivity contribution in [2.75, 3.05) is 11.5 Å². The first-order valence-electron chi connectivity index (χ1n) is 10.1. The number of carbonyl (C=O) groups excluding carboxylic acids is 1. The summed E-state index contributed by atoms with van der Waals surface area (Å²) in [4.78, 5) is 16.5. The number of ether oxygens (including phenoxy) is 1. The van der Waals surface area contributed by atoms with Crippen LogP contribution in [0.5, 0.6) is 5.75 Å². The Morgan fingerprint density at radius 3 is 2.61 bits per heavy atom. The predicted molar refractivity (Wildman–Crippen MR) is 133 cm³/mol. The van der Waals surface area contributed by atoms with Crippen molar-refractivity contribution in [3.8, 4) is 16.9 Å². The fourth-order valence-electron chi connectivity index (χ4n) is 4.26. The number of rotatable bonds is 3. The molecule has 5 rings (SSSR count). The quantitative estimate of drug-likeness (QED) is 0.235. The van der Waals surface area contributed by atoms with E-state index in [4.69, 9.17) is 17.0 Å². The molecule has 0 radical (unpaired) electrons. The maximum atomic E-state index is 13.5. The second-order valence-electron chi connectivity index (χ2n) is 8.26. The smallest absolute Gasteiger partial charge is 0.265 e. The van der Waals surface area contributed by atoms with Crippen LogP contribution in [0.25, 0.3) is 21.9 Å². The molecule has 0 saturated heterocycles. The van der Waals surface area contributed by atoms with E-state index < -0.39 is 5.54 Å². The van der Waals surface area contributed by atoms with E-state index >= 15 is 0 Å². The number of amides is 1. The highest BCUT2D eigenvalue weighted by Crippen LogP contribution is 2.52. The lowest BCUT2D eigenvalue weighted by Crippen LogP contribution is -2.49. The molecule has 0 atom stereocenters. The highest BCUT2D eigenvalue weighted by atomic mass is 32.9. The number of carbonyl (C=O) groups is 1. The maximum Gasteiger partial charge on any atom is 0.265 e. The topological polar surface area (TPSA) is 29.5 Å². The predicted octanol–water partition coefficient (Wildman–Crippen LogP) is 7.33. The molecule has 1 amide bonds. The molecule has 0 aliphatic carbocycles. The van der Waals surface area contributed by atoms with Gasteiger partial charge in [0.25, 0.3) is 5.91 Å². The molecule has 1 aromatic heterocycles. The third kappa shape index (κ3) is 3.39. The molecule has 2 heterocycles. The number of nitrogens with zero attached hydrogens (tertiary/aromatic N) is 1. The van der Waals surface area contributed by atoms with Crippen molar-refractivity contribution in [1.82, 2.24) is 0 Å². The fraction of sp³-hybridized carbons (Fsp3) is 0.200. The number of hydrogen-bond acceptors (Lipinski definition) is 5. The van der Waals surface area contributed by atoms with Gasteiger partial charge in [-0.15, -0.1) is 0 Å². The number of fused-ring (bicyclic) bond motifs is 4. The highest BCUT2D eigenvalue weighted by Gasteiger charge is 2.43. The molecular formula is C25H21NO2S3. The fourth-order valence-corrected chi connectivity index (χ4v) is 7.54. The Kier molecular flexibility index (Phi) is 4.96. The molecule has 0 saturated carbocycles. The molecule has 3 aromatic carbocycles. The maximum absolute atomic E-state index is 13.5. The summed E-state index contributed by atoms with van der Waals surface area (Å²) in [5.74, 6) is 0.621. The summed E-state index contributed by atoms with van der Waals surface area (Å²) in [7, 11) is 3.27. The van der Waals surface area contributed by atoms with Crippen molar-refractivity contribution in [2.45, 2.75) is 26.3 Å². The molecule has 31 heavy (non-hydrogen) atoms. The van der Waals surface area contributed by atoms with E-state index in [9.17, 15) is 4.79 Å². The van der Waals surface area contributed by atoms with Crippen LogP contribution in [0.15, 0.2) is 60.7 Å². The van der Waals surface area contributed by atoms with Crippen LogP contribution >= 0.6 is 32.9 Å². The van der Waals surface area contributed by atoms with E-state index in [0.717, 1.165) is 41.9 Å². The molecule has 6 heteroatoms. The van der Waals surface area contributed by atoms with Crippen molar-refractivity contribution in [3.05, 3.63) is 74.9 Å². The van der Waals surface area contributed by atoms with Crippen molar-refractivity contribution in [3.63, 3.8) is 0 Å². The average molecular weight is 464 g/mol. The lowest BCUT2D eigenvalue weighted by molar-refractivity contribution is -0.121. The molecule has 1 aliphatic heterocycles. The number of benzene rings is 3. The Hall–Kier alpha value is -2.54. The van der Waals surface area contributed by atoms with Crippen LogP contribution in [0.1, 0.15) is 24.3 Å². The number of aryl methyl sites for hydroxylation is 1. The van der Waals surface area contributed by atoms with Crippen molar-refractivity contribution in [2.24, 2.45) is 0 Å². The monoisotopic (exact) mass is 463 g/mol. The standard InChI is InChI=1S/C25H21NO2S3/c1-15-8-11-20-19(12-15)22-23(30-31-24(22)29)25(2,3)26(20)21(27)14-28-18-10-9-16-6-4-5-7-17(16)13-18/h4-13H,14H2,1-3H3. The van der Waals surface area contributed by atoms with E-state index in [-0.39, 0.29) is 12.5 Å². The Morgan fingerprint density at radius 2 is 1.81 bits per heavy atom. The van der Waals surface area contributed by atoms with Crippen LogP contribution in [0.3, 0.4) is 0 Å². The van der Waals surface area contributed by atoms with Crippen LogP contribution in [-0.2, 0) is 10.3 Å². The van der Waals surface area contributed by atoms with Crippen molar-refractivity contribution < 1.29 is 9.53 Å². The minimum Gasteiger partial charge on any atom is -0.484 e.